The normalized spacial score (nSPS) is 10.9. The van der Waals surface area contributed by atoms with Crippen LogP contribution in [0.5, 0.6) is 11.5 Å². The molecule has 0 saturated heterocycles. The van der Waals surface area contributed by atoms with Gasteiger partial charge in [-0.1, -0.05) is 18.2 Å². The van der Waals surface area contributed by atoms with Gasteiger partial charge in [0.05, 0.1) is 12.8 Å². The number of hydrogen-bond acceptors (Lipinski definition) is 7. The van der Waals surface area contributed by atoms with Crippen molar-refractivity contribution in [2.24, 2.45) is 5.10 Å². The van der Waals surface area contributed by atoms with Crippen molar-refractivity contribution >= 4 is 12.2 Å². The van der Waals surface area contributed by atoms with Crippen LogP contribution in [0.4, 0.5) is 10.3 Å². The quantitative estimate of drug-likeness (QED) is 0.448. The Morgan fingerprint density at radius 2 is 2.00 bits per heavy atom. The van der Waals surface area contributed by atoms with Crippen LogP contribution in [-0.2, 0) is 6.61 Å². The number of aromatic nitrogens is 3. The highest BCUT2D eigenvalue weighted by Gasteiger charge is 2.08. The lowest BCUT2D eigenvalue weighted by Crippen LogP contribution is -2.15. The molecular weight excluding hydrogens is 377 g/mol. The number of ether oxygens (including phenoxy) is 2. The summed E-state index contributed by atoms with van der Waals surface area (Å²) in [7, 11) is 0. The summed E-state index contributed by atoms with van der Waals surface area (Å²) in [5.74, 6) is 0.814. The summed E-state index contributed by atoms with van der Waals surface area (Å²) < 4.78 is 25.1. The fourth-order valence-electron chi connectivity index (χ4n) is 2.38. The molecule has 0 atom stereocenters. The number of aromatic amines is 1. The topological polar surface area (TPSA) is 101 Å². The van der Waals surface area contributed by atoms with Gasteiger partial charge in [-0.25, -0.2) is 9.82 Å². The molecule has 1 heterocycles. The lowest BCUT2D eigenvalue weighted by atomic mass is 10.2. The molecule has 0 aliphatic heterocycles. The molecule has 3 aromatic rings. The molecule has 29 heavy (non-hydrogen) atoms. The summed E-state index contributed by atoms with van der Waals surface area (Å²) >= 11 is 0. The predicted octanol–water partition coefficient (Wildman–Crippen LogP) is 3.04. The van der Waals surface area contributed by atoms with Crippen molar-refractivity contribution in [2.45, 2.75) is 20.5 Å². The Morgan fingerprint density at radius 3 is 2.76 bits per heavy atom. The maximum atomic E-state index is 13.8. The molecule has 1 aromatic heterocycles. The molecule has 0 fully saturated rings. The predicted molar refractivity (Wildman–Crippen MR) is 107 cm³/mol. The van der Waals surface area contributed by atoms with E-state index in [9.17, 15) is 9.18 Å². The number of nitrogens with zero attached hydrogens (tertiary/aromatic N) is 3. The highest BCUT2D eigenvalue weighted by Crippen LogP contribution is 2.29. The lowest BCUT2D eigenvalue weighted by molar-refractivity contribution is 0.266. The van der Waals surface area contributed by atoms with Crippen LogP contribution in [0.2, 0.25) is 0 Å². The van der Waals surface area contributed by atoms with Gasteiger partial charge in [0.25, 0.3) is 5.56 Å². The van der Waals surface area contributed by atoms with Gasteiger partial charge < -0.3 is 9.47 Å². The highest BCUT2D eigenvalue weighted by atomic mass is 19.1. The van der Waals surface area contributed by atoms with E-state index in [1.807, 2.05) is 6.92 Å². The van der Waals surface area contributed by atoms with E-state index in [0.29, 0.717) is 23.7 Å². The Labute approximate surface area is 166 Å². The van der Waals surface area contributed by atoms with Crippen LogP contribution in [0, 0.1) is 12.7 Å². The van der Waals surface area contributed by atoms with Gasteiger partial charge in [-0.3, -0.25) is 9.78 Å². The largest absolute Gasteiger partial charge is 0.490 e. The summed E-state index contributed by atoms with van der Waals surface area (Å²) in [6.07, 6.45) is 1.53. The maximum absolute atomic E-state index is 13.8. The lowest BCUT2D eigenvalue weighted by Gasteiger charge is -2.13. The van der Waals surface area contributed by atoms with Gasteiger partial charge in [0.2, 0.25) is 5.95 Å². The van der Waals surface area contributed by atoms with Crippen molar-refractivity contribution in [1.82, 2.24) is 15.2 Å². The zero-order valence-electron chi connectivity index (χ0n) is 16.0. The third kappa shape index (κ3) is 5.38. The number of hydrazone groups is 1. The van der Waals surface area contributed by atoms with Crippen molar-refractivity contribution in [2.75, 3.05) is 12.0 Å². The van der Waals surface area contributed by atoms with Crippen LogP contribution in [0.3, 0.4) is 0 Å². The average Bonchev–Trinajstić information content (AvgIpc) is 2.71. The summed E-state index contributed by atoms with van der Waals surface area (Å²) in [5, 5.41) is 11.5. The summed E-state index contributed by atoms with van der Waals surface area (Å²) in [4.78, 5) is 14.0. The van der Waals surface area contributed by atoms with Crippen LogP contribution < -0.4 is 20.5 Å². The van der Waals surface area contributed by atoms with E-state index in [2.05, 4.69) is 25.7 Å². The zero-order valence-corrected chi connectivity index (χ0v) is 16.0. The minimum Gasteiger partial charge on any atom is -0.490 e. The van der Waals surface area contributed by atoms with Crippen LogP contribution >= 0.6 is 0 Å². The average molecular weight is 397 g/mol. The Bertz CT molecular complexity index is 1070. The molecule has 3 rings (SSSR count). The first-order valence-electron chi connectivity index (χ1n) is 8.92. The van der Waals surface area contributed by atoms with Crippen molar-refractivity contribution < 1.29 is 13.9 Å². The van der Waals surface area contributed by atoms with Gasteiger partial charge in [0, 0.05) is 5.56 Å². The van der Waals surface area contributed by atoms with Crippen LogP contribution in [-0.4, -0.2) is 28.0 Å². The van der Waals surface area contributed by atoms with Crippen LogP contribution in [0.25, 0.3) is 0 Å². The van der Waals surface area contributed by atoms with Gasteiger partial charge in [-0.15, -0.1) is 10.2 Å². The number of nitrogens with one attached hydrogen (secondary N) is 2. The van der Waals surface area contributed by atoms with E-state index < -0.39 is 0 Å². The van der Waals surface area contributed by atoms with E-state index >= 15 is 0 Å². The second-order valence-corrected chi connectivity index (χ2v) is 5.98. The molecule has 0 amide bonds. The fourth-order valence-corrected chi connectivity index (χ4v) is 2.38. The van der Waals surface area contributed by atoms with E-state index in [1.165, 1.54) is 12.3 Å². The van der Waals surface area contributed by atoms with Gasteiger partial charge in [0.1, 0.15) is 18.1 Å². The number of rotatable bonds is 8. The first kappa shape index (κ1) is 20.0. The summed E-state index contributed by atoms with van der Waals surface area (Å²) in [6.45, 7) is 3.94. The first-order chi connectivity index (χ1) is 14.1. The molecule has 150 valence electrons. The Kier molecular flexibility index (Phi) is 6.51. The third-order valence-electron chi connectivity index (χ3n) is 3.85. The second-order valence-electron chi connectivity index (χ2n) is 5.98. The van der Waals surface area contributed by atoms with Crippen molar-refractivity contribution in [3.8, 4) is 11.5 Å². The van der Waals surface area contributed by atoms with E-state index in [4.69, 9.17) is 9.47 Å². The third-order valence-corrected chi connectivity index (χ3v) is 3.85. The molecule has 0 unspecified atom stereocenters. The van der Waals surface area contributed by atoms with Crippen molar-refractivity contribution in [3.63, 3.8) is 0 Å². The molecule has 0 aliphatic rings. The van der Waals surface area contributed by atoms with Gasteiger partial charge in [0.15, 0.2) is 11.5 Å². The van der Waals surface area contributed by atoms with Gasteiger partial charge in [-0.2, -0.15) is 5.10 Å². The van der Waals surface area contributed by atoms with E-state index in [-0.39, 0.29) is 29.6 Å². The minimum absolute atomic E-state index is 0.0845. The Morgan fingerprint density at radius 1 is 1.17 bits per heavy atom. The fraction of sp³-hybridized carbons (Fsp3) is 0.200. The van der Waals surface area contributed by atoms with Gasteiger partial charge in [-0.05, 0) is 43.7 Å². The summed E-state index contributed by atoms with van der Waals surface area (Å²) in [6, 6.07) is 11.7. The summed E-state index contributed by atoms with van der Waals surface area (Å²) in [5.41, 5.74) is 3.72. The molecule has 0 aliphatic carbocycles. The number of anilines is 1. The minimum atomic E-state index is -0.340. The molecule has 9 heteroatoms. The van der Waals surface area contributed by atoms with Crippen LogP contribution in [0.15, 0.2) is 52.4 Å². The molecule has 2 N–H and O–H groups in total. The monoisotopic (exact) mass is 397 g/mol. The van der Waals surface area contributed by atoms with Crippen molar-refractivity contribution in [1.29, 1.82) is 0 Å². The second kappa shape index (κ2) is 9.45. The molecule has 0 spiro atoms. The molecular formula is C20H20FN5O3. The number of halogens is 1. The van der Waals surface area contributed by atoms with Crippen molar-refractivity contribution in [3.05, 3.63) is 75.5 Å². The molecule has 2 aromatic carbocycles. The Hall–Kier alpha value is -3.75. The van der Waals surface area contributed by atoms with E-state index in [0.717, 1.165) is 5.56 Å². The number of benzene rings is 2. The molecule has 0 saturated carbocycles. The number of aryl methyl sites for hydroxylation is 1. The highest BCUT2D eigenvalue weighted by molar-refractivity contribution is 5.81. The molecule has 0 radical (unpaired) electrons. The molecule has 8 nitrogen and oxygen atoms in total. The standard InChI is InChI=1S/C20H20FN5O3/c1-3-28-18-10-14(11-22-25-20-23-19(27)13(2)24-26-20)8-9-17(18)29-12-15-6-4-5-7-16(15)21/h4-11H,3,12H2,1-2H3,(H2,23,25,26,27)/b22-11+. The Balaban J connectivity index is 1.70. The zero-order chi connectivity index (χ0) is 20.6. The number of H-pyrrole nitrogens is 1. The SMILES string of the molecule is CCOc1cc(/C=N/Nc2nnc(C)c(=O)[nH]2)ccc1OCc1ccccc1F. The maximum Gasteiger partial charge on any atom is 0.274 e. The number of hydrogen-bond donors (Lipinski definition) is 2. The van der Waals surface area contributed by atoms with Crippen LogP contribution in [0.1, 0.15) is 23.7 Å². The first-order valence-corrected chi connectivity index (χ1v) is 8.92. The van der Waals surface area contributed by atoms with Gasteiger partial charge >= 0.3 is 0 Å². The smallest absolute Gasteiger partial charge is 0.274 e. The van der Waals surface area contributed by atoms with E-state index in [1.54, 1.807) is 43.3 Å². The molecule has 0 bridgehead atoms.